The number of rotatable bonds is 7. The summed E-state index contributed by atoms with van der Waals surface area (Å²) in [5.41, 5.74) is 1.09. The summed E-state index contributed by atoms with van der Waals surface area (Å²) in [6.07, 6.45) is 4.01. The van der Waals surface area contributed by atoms with Crippen LogP contribution in [0.25, 0.3) is 0 Å². The van der Waals surface area contributed by atoms with Crippen molar-refractivity contribution in [1.29, 1.82) is 0 Å². The number of carbonyl (C=O) groups is 4. The lowest BCUT2D eigenvalue weighted by Crippen LogP contribution is -2.40. The van der Waals surface area contributed by atoms with Gasteiger partial charge >= 0.3 is 0 Å². The van der Waals surface area contributed by atoms with E-state index in [0.29, 0.717) is 75.2 Å². The number of ketones is 1. The van der Waals surface area contributed by atoms with Gasteiger partial charge in [-0.2, -0.15) is 0 Å². The van der Waals surface area contributed by atoms with E-state index < -0.39 is 6.10 Å². The van der Waals surface area contributed by atoms with Gasteiger partial charge in [-0.1, -0.05) is 6.92 Å². The third-order valence-corrected chi connectivity index (χ3v) is 6.66. The molecule has 1 atom stereocenters. The first-order valence-corrected chi connectivity index (χ1v) is 11.7. The first-order valence-electron chi connectivity index (χ1n) is 11.7. The highest BCUT2D eigenvalue weighted by Crippen LogP contribution is 2.33. The molecule has 8 heteroatoms. The van der Waals surface area contributed by atoms with Crippen molar-refractivity contribution in [3.8, 4) is 5.75 Å². The first kappa shape index (κ1) is 22.3. The molecule has 0 radical (unpaired) electrons. The Kier molecular flexibility index (Phi) is 6.77. The van der Waals surface area contributed by atoms with Crippen molar-refractivity contribution in [2.75, 3.05) is 31.5 Å². The molecule has 172 valence electrons. The van der Waals surface area contributed by atoms with Crippen molar-refractivity contribution in [2.45, 2.75) is 58.0 Å². The van der Waals surface area contributed by atoms with E-state index in [-0.39, 0.29) is 29.4 Å². The van der Waals surface area contributed by atoms with Crippen molar-refractivity contribution in [2.24, 2.45) is 5.92 Å². The lowest BCUT2D eigenvalue weighted by molar-refractivity contribution is -0.133. The SMILES string of the molecule is CCC1Oc2ccc(C(=O)C3CCN(C(=O)CCCN4CCCC4=O)CC3)cc2NC1=O. The molecule has 3 heterocycles. The second kappa shape index (κ2) is 9.71. The molecule has 1 aromatic rings. The number of ether oxygens (including phenoxy) is 1. The van der Waals surface area contributed by atoms with Gasteiger partial charge < -0.3 is 19.9 Å². The molecule has 4 rings (SSSR count). The van der Waals surface area contributed by atoms with Gasteiger partial charge in [0.25, 0.3) is 5.91 Å². The van der Waals surface area contributed by atoms with Crippen LogP contribution in [0.1, 0.15) is 62.2 Å². The van der Waals surface area contributed by atoms with Gasteiger partial charge in [-0.15, -0.1) is 0 Å². The molecular formula is C24H31N3O5. The number of carbonyl (C=O) groups excluding carboxylic acids is 4. The lowest BCUT2D eigenvalue weighted by Gasteiger charge is -2.32. The second-order valence-electron chi connectivity index (χ2n) is 8.82. The highest BCUT2D eigenvalue weighted by atomic mass is 16.5. The van der Waals surface area contributed by atoms with Gasteiger partial charge in [-0.25, -0.2) is 0 Å². The zero-order valence-corrected chi connectivity index (χ0v) is 18.6. The molecule has 2 fully saturated rings. The van der Waals surface area contributed by atoms with Crippen LogP contribution in [0.4, 0.5) is 5.69 Å². The van der Waals surface area contributed by atoms with E-state index >= 15 is 0 Å². The summed E-state index contributed by atoms with van der Waals surface area (Å²) in [6.45, 7) is 4.48. The molecule has 0 aliphatic carbocycles. The molecule has 0 saturated carbocycles. The highest BCUT2D eigenvalue weighted by molar-refractivity contribution is 6.02. The molecule has 1 unspecified atom stereocenters. The smallest absolute Gasteiger partial charge is 0.265 e. The first-order chi connectivity index (χ1) is 15.5. The zero-order chi connectivity index (χ0) is 22.7. The van der Waals surface area contributed by atoms with Gasteiger partial charge in [0.1, 0.15) is 5.75 Å². The number of hydrogen-bond donors (Lipinski definition) is 1. The number of amides is 3. The van der Waals surface area contributed by atoms with E-state index in [9.17, 15) is 19.2 Å². The summed E-state index contributed by atoms with van der Waals surface area (Å²) in [6, 6.07) is 5.19. The number of hydrogen-bond acceptors (Lipinski definition) is 5. The third kappa shape index (κ3) is 4.79. The van der Waals surface area contributed by atoms with E-state index in [2.05, 4.69) is 5.32 Å². The molecule has 3 amide bonds. The Bertz CT molecular complexity index is 907. The molecule has 0 bridgehead atoms. The Morgan fingerprint density at radius 2 is 1.94 bits per heavy atom. The summed E-state index contributed by atoms with van der Waals surface area (Å²) in [5, 5.41) is 2.83. The van der Waals surface area contributed by atoms with Crippen molar-refractivity contribution in [1.82, 2.24) is 9.80 Å². The average molecular weight is 442 g/mol. The van der Waals surface area contributed by atoms with Crippen LogP contribution in [-0.4, -0.2) is 65.6 Å². The zero-order valence-electron chi connectivity index (χ0n) is 18.6. The maximum Gasteiger partial charge on any atom is 0.265 e. The van der Waals surface area contributed by atoms with Crippen LogP contribution in [0.5, 0.6) is 5.75 Å². The summed E-state index contributed by atoms with van der Waals surface area (Å²) < 4.78 is 5.70. The van der Waals surface area contributed by atoms with Crippen LogP contribution in [0, 0.1) is 5.92 Å². The van der Waals surface area contributed by atoms with Crippen molar-refractivity contribution in [3.63, 3.8) is 0 Å². The number of likely N-dealkylation sites (tertiary alicyclic amines) is 2. The average Bonchev–Trinajstić information content (AvgIpc) is 3.22. The summed E-state index contributed by atoms with van der Waals surface area (Å²) >= 11 is 0. The fourth-order valence-corrected chi connectivity index (χ4v) is 4.72. The van der Waals surface area contributed by atoms with E-state index in [4.69, 9.17) is 4.74 Å². The van der Waals surface area contributed by atoms with E-state index in [1.807, 2.05) is 16.7 Å². The van der Waals surface area contributed by atoms with Crippen molar-refractivity contribution < 1.29 is 23.9 Å². The summed E-state index contributed by atoms with van der Waals surface area (Å²) in [7, 11) is 0. The van der Waals surface area contributed by atoms with Crippen LogP contribution >= 0.6 is 0 Å². The summed E-state index contributed by atoms with van der Waals surface area (Å²) in [5.74, 6) is 0.591. The number of benzene rings is 1. The third-order valence-electron chi connectivity index (χ3n) is 6.66. The number of nitrogens with one attached hydrogen (secondary N) is 1. The molecule has 1 N–H and O–H groups in total. The fraction of sp³-hybridized carbons (Fsp3) is 0.583. The molecule has 2 saturated heterocycles. The monoisotopic (exact) mass is 441 g/mol. The topological polar surface area (TPSA) is 96.0 Å². The standard InChI is InChI=1S/C24H31N3O5/c1-2-19-24(31)25-18-15-17(7-8-20(18)32-19)23(30)16-9-13-27(14-10-16)22(29)6-4-12-26-11-3-5-21(26)28/h7-8,15-16,19H,2-6,9-14H2,1H3,(H,25,31). The molecule has 0 aromatic heterocycles. The van der Waals surface area contributed by atoms with Gasteiger partial charge in [-0.3, -0.25) is 19.2 Å². The molecule has 32 heavy (non-hydrogen) atoms. The number of anilines is 1. The molecule has 1 aromatic carbocycles. The quantitative estimate of drug-likeness (QED) is 0.656. The predicted octanol–water partition coefficient (Wildman–Crippen LogP) is 2.62. The Morgan fingerprint density at radius 3 is 2.62 bits per heavy atom. The Morgan fingerprint density at radius 1 is 1.16 bits per heavy atom. The van der Waals surface area contributed by atoms with Crippen LogP contribution in [0.2, 0.25) is 0 Å². The second-order valence-corrected chi connectivity index (χ2v) is 8.82. The van der Waals surface area contributed by atoms with Crippen molar-refractivity contribution >= 4 is 29.2 Å². The highest BCUT2D eigenvalue weighted by Gasteiger charge is 2.30. The fourth-order valence-electron chi connectivity index (χ4n) is 4.72. The maximum absolute atomic E-state index is 13.0. The van der Waals surface area contributed by atoms with Crippen molar-refractivity contribution in [3.05, 3.63) is 23.8 Å². The van der Waals surface area contributed by atoms with Gasteiger partial charge in [0.15, 0.2) is 11.9 Å². The lowest BCUT2D eigenvalue weighted by atomic mass is 9.88. The molecular weight excluding hydrogens is 410 g/mol. The number of piperidine rings is 1. The maximum atomic E-state index is 13.0. The van der Waals surface area contributed by atoms with Gasteiger partial charge in [-0.05, 0) is 50.3 Å². The van der Waals surface area contributed by atoms with Crippen LogP contribution in [0.3, 0.4) is 0 Å². The molecule has 3 aliphatic rings. The van der Waals surface area contributed by atoms with Crippen LogP contribution in [-0.2, 0) is 14.4 Å². The minimum atomic E-state index is -0.498. The number of fused-ring (bicyclic) bond motifs is 1. The van der Waals surface area contributed by atoms with Crippen LogP contribution in [0.15, 0.2) is 18.2 Å². The van der Waals surface area contributed by atoms with E-state index in [1.54, 1.807) is 18.2 Å². The van der Waals surface area contributed by atoms with E-state index in [1.165, 1.54) is 0 Å². The number of nitrogens with zero attached hydrogens (tertiary/aromatic N) is 2. The molecule has 3 aliphatic heterocycles. The van der Waals surface area contributed by atoms with Gasteiger partial charge in [0, 0.05) is 50.5 Å². The Labute approximate surface area is 188 Å². The normalized spacial score (nSPS) is 21.2. The van der Waals surface area contributed by atoms with E-state index in [0.717, 1.165) is 13.0 Å². The minimum Gasteiger partial charge on any atom is -0.478 e. The predicted molar refractivity (Wildman–Crippen MR) is 118 cm³/mol. The Balaban J connectivity index is 1.26. The largest absolute Gasteiger partial charge is 0.478 e. The van der Waals surface area contributed by atoms with Gasteiger partial charge in [0.05, 0.1) is 5.69 Å². The van der Waals surface area contributed by atoms with Gasteiger partial charge in [0.2, 0.25) is 11.8 Å². The molecule has 0 spiro atoms. The van der Waals surface area contributed by atoms with Crippen LogP contribution < -0.4 is 10.1 Å². The molecule has 8 nitrogen and oxygen atoms in total. The number of Topliss-reactive ketones (excluding diaryl/α,β-unsaturated/α-hetero) is 1. The summed E-state index contributed by atoms with van der Waals surface area (Å²) in [4.78, 5) is 52.9. The minimum absolute atomic E-state index is 0.0410. The Hall–Kier alpha value is -2.90.